The highest BCUT2D eigenvalue weighted by Crippen LogP contribution is 2.46. The van der Waals surface area contributed by atoms with Gasteiger partial charge >= 0.3 is 0 Å². The molecule has 3 rings (SSSR count). The van der Waals surface area contributed by atoms with Crippen LogP contribution in [0.15, 0.2) is 36.4 Å². The number of rotatable bonds is 2. The van der Waals surface area contributed by atoms with Crippen LogP contribution in [0, 0.1) is 0 Å². The molecule has 3 aromatic carbocycles. The normalized spacial score (nSPS) is 11.0. The van der Waals surface area contributed by atoms with E-state index in [2.05, 4.69) is 0 Å². The molecular weight excluding hydrogens is 357 g/mol. The van der Waals surface area contributed by atoms with Crippen LogP contribution in [-0.2, 0) is 0 Å². The minimum Gasteiger partial charge on any atom is -0.507 e. The predicted molar refractivity (Wildman–Crippen MR) is 97.0 cm³/mol. The van der Waals surface area contributed by atoms with Gasteiger partial charge in [0.1, 0.15) is 11.5 Å². The fourth-order valence-electron chi connectivity index (χ4n) is 2.52. The summed E-state index contributed by atoms with van der Waals surface area (Å²) in [6.07, 6.45) is 0. The lowest BCUT2D eigenvalue weighted by atomic mass is 9.96. The van der Waals surface area contributed by atoms with Crippen LogP contribution < -0.4 is 10.5 Å². The zero-order valence-electron chi connectivity index (χ0n) is 12.0. The minimum atomic E-state index is 0.0730. The van der Waals surface area contributed by atoms with Gasteiger partial charge in [-0.05, 0) is 41.1 Å². The standard InChI is InChI=1S/C17H12Cl3NO2/c1-23-9-3-4-10-8(6-9)2-5-13(22)14(10)11-7-12(18)15(19)16(20)17(11)21/h2-7,22H,21H2,1H3. The van der Waals surface area contributed by atoms with Crippen molar-refractivity contribution in [3.05, 3.63) is 51.5 Å². The van der Waals surface area contributed by atoms with Crippen LogP contribution in [0.1, 0.15) is 0 Å². The van der Waals surface area contributed by atoms with Crippen molar-refractivity contribution in [1.29, 1.82) is 0 Å². The molecule has 0 heterocycles. The summed E-state index contributed by atoms with van der Waals surface area (Å²) in [5.74, 6) is 0.790. The maximum Gasteiger partial charge on any atom is 0.124 e. The van der Waals surface area contributed by atoms with Gasteiger partial charge in [0.25, 0.3) is 0 Å². The largest absolute Gasteiger partial charge is 0.507 e. The summed E-state index contributed by atoms with van der Waals surface area (Å²) in [6, 6.07) is 10.5. The van der Waals surface area contributed by atoms with Crippen molar-refractivity contribution in [2.45, 2.75) is 0 Å². The van der Waals surface area contributed by atoms with Gasteiger partial charge in [-0.2, -0.15) is 0 Å². The van der Waals surface area contributed by atoms with Crippen LogP contribution in [0.3, 0.4) is 0 Å². The van der Waals surface area contributed by atoms with Crippen molar-refractivity contribution in [3.8, 4) is 22.6 Å². The van der Waals surface area contributed by atoms with Crippen LogP contribution in [0.25, 0.3) is 21.9 Å². The van der Waals surface area contributed by atoms with Crippen molar-refractivity contribution in [1.82, 2.24) is 0 Å². The molecule has 0 unspecified atom stereocenters. The smallest absolute Gasteiger partial charge is 0.124 e. The highest BCUT2D eigenvalue weighted by atomic mass is 35.5. The SMILES string of the molecule is COc1ccc2c(-c3cc(Cl)c(Cl)c(Cl)c3N)c(O)ccc2c1. The molecule has 0 atom stereocenters. The van der Waals surface area contributed by atoms with Crippen LogP contribution >= 0.6 is 34.8 Å². The molecule has 0 bridgehead atoms. The Morgan fingerprint density at radius 3 is 2.43 bits per heavy atom. The first kappa shape index (κ1) is 16.1. The monoisotopic (exact) mass is 367 g/mol. The molecule has 0 saturated heterocycles. The predicted octanol–water partition coefficient (Wildman–Crippen LogP) is 5.76. The number of nitrogen functional groups attached to an aromatic ring is 1. The van der Waals surface area contributed by atoms with E-state index in [1.165, 1.54) is 0 Å². The van der Waals surface area contributed by atoms with Crippen LogP contribution in [0.2, 0.25) is 15.1 Å². The highest BCUT2D eigenvalue weighted by Gasteiger charge is 2.18. The summed E-state index contributed by atoms with van der Waals surface area (Å²) in [7, 11) is 1.60. The third kappa shape index (κ3) is 2.65. The van der Waals surface area contributed by atoms with E-state index >= 15 is 0 Å². The Morgan fingerprint density at radius 1 is 1.00 bits per heavy atom. The van der Waals surface area contributed by atoms with E-state index in [4.69, 9.17) is 45.3 Å². The molecule has 0 radical (unpaired) electrons. The maximum atomic E-state index is 10.4. The number of hydrogen-bond acceptors (Lipinski definition) is 3. The number of methoxy groups -OCH3 is 1. The summed E-state index contributed by atoms with van der Waals surface area (Å²) in [4.78, 5) is 0. The van der Waals surface area contributed by atoms with Gasteiger partial charge < -0.3 is 15.6 Å². The molecular formula is C17H12Cl3NO2. The van der Waals surface area contributed by atoms with Gasteiger partial charge in [-0.15, -0.1) is 0 Å². The first-order valence-electron chi connectivity index (χ1n) is 6.67. The van der Waals surface area contributed by atoms with Gasteiger partial charge in [-0.25, -0.2) is 0 Å². The van der Waals surface area contributed by atoms with Crippen LogP contribution in [-0.4, -0.2) is 12.2 Å². The van der Waals surface area contributed by atoms with Gasteiger partial charge in [0.05, 0.1) is 27.9 Å². The maximum absolute atomic E-state index is 10.4. The summed E-state index contributed by atoms with van der Waals surface area (Å²) in [5.41, 5.74) is 7.42. The Hall–Kier alpha value is -1.81. The molecule has 0 aromatic heterocycles. The molecule has 3 nitrogen and oxygen atoms in total. The van der Waals surface area contributed by atoms with Gasteiger partial charge in [0, 0.05) is 11.1 Å². The average molecular weight is 369 g/mol. The second-order valence-electron chi connectivity index (χ2n) is 4.99. The minimum absolute atomic E-state index is 0.0730. The summed E-state index contributed by atoms with van der Waals surface area (Å²) >= 11 is 18.3. The van der Waals surface area contributed by atoms with E-state index in [1.54, 1.807) is 31.4 Å². The lowest BCUT2D eigenvalue weighted by Crippen LogP contribution is -1.94. The van der Waals surface area contributed by atoms with Gasteiger partial charge in [0.2, 0.25) is 0 Å². The molecule has 3 N–H and O–H groups in total. The van der Waals surface area contributed by atoms with E-state index in [9.17, 15) is 5.11 Å². The summed E-state index contributed by atoms with van der Waals surface area (Å²) in [5, 5.41) is 12.7. The van der Waals surface area contributed by atoms with Crippen molar-refractivity contribution < 1.29 is 9.84 Å². The number of halogens is 3. The molecule has 0 saturated carbocycles. The molecule has 0 amide bonds. The van der Waals surface area contributed by atoms with Crippen molar-refractivity contribution in [3.63, 3.8) is 0 Å². The van der Waals surface area contributed by atoms with E-state index in [0.29, 0.717) is 16.9 Å². The van der Waals surface area contributed by atoms with Crippen molar-refractivity contribution >= 4 is 51.3 Å². The van der Waals surface area contributed by atoms with Gasteiger partial charge in [-0.3, -0.25) is 0 Å². The number of anilines is 1. The molecule has 0 spiro atoms. The number of nitrogens with two attached hydrogens (primary N) is 1. The van der Waals surface area contributed by atoms with E-state index in [0.717, 1.165) is 10.8 Å². The molecule has 0 aliphatic rings. The topological polar surface area (TPSA) is 55.5 Å². The number of phenols is 1. The lowest BCUT2D eigenvalue weighted by Gasteiger charge is -2.15. The first-order chi connectivity index (χ1) is 10.9. The number of ether oxygens (including phenoxy) is 1. The molecule has 3 aromatic rings. The summed E-state index contributed by atoms with van der Waals surface area (Å²) < 4.78 is 5.23. The molecule has 23 heavy (non-hydrogen) atoms. The average Bonchev–Trinajstić information content (AvgIpc) is 2.56. The second kappa shape index (κ2) is 6.00. The zero-order valence-corrected chi connectivity index (χ0v) is 14.3. The van der Waals surface area contributed by atoms with Crippen molar-refractivity contribution in [2.75, 3.05) is 12.8 Å². The third-order valence-electron chi connectivity index (χ3n) is 3.67. The van der Waals surface area contributed by atoms with E-state index < -0.39 is 0 Å². The Morgan fingerprint density at radius 2 is 1.74 bits per heavy atom. The molecule has 0 fully saturated rings. The van der Waals surface area contributed by atoms with Gasteiger partial charge in [-0.1, -0.05) is 40.9 Å². The lowest BCUT2D eigenvalue weighted by molar-refractivity contribution is 0.415. The van der Waals surface area contributed by atoms with E-state index in [1.807, 2.05) is 12.1 Å². The fraction of sp³-hybridized carbons (Fsp3) is 0.0588. The van der Waals surface area contributed by atoms with Crippen LogP contribution in [0.4, 0.5) is 5.69 Å². The Labute approximate surface area is 148 Å². The number of phenolic OH excluding ortho intramolecular Hbond substituents is 1. The summed E-state index contributed by atoms with van der Waals surface area (Å²) in [6.45, 7) is 0. The van der Waals surface area contributed by atoms with Crippen LogP contribution in [0.5, 0.6) is 11.5 Å². The number of hydrogen-bond donors (Lipinski definition) is 2. The number of aromatic hydroxyl groups is 1. The zero-order chi connectivity index (χ0) is 16.7. The Balaban J connectivity index is 2.38. The fourth-order valence-corrected chi connectivity index (χ4v) is 3.13. The molecule has 0 aliphatic carbocycles. The number of fused-ring (bicyclic) bond motifs is 1. The quantitative estimate of drug-likeness (QED) is 0.446. The molecule has 6 heteroatoms. The van der Waals surface area contributed by atoms with Gasteiger partial charge in [0.15, 0.2) is 0 Å². The van der Waals surface area contributed by atoms with Crippen molar-refractivity contribution in [2.24, 2.45) is 0 Å². The van der Waals surface area contributed by atoms with E-state index in [-0.39, 0.29) is 26.5 Å². The Kier molecular flexibility index (Phi) is 4.19. The molecule has 118 valence electrons. The third-order valence-corrected chi connectivity index (χ3v) is 4.95. The number of benzene rings is 3. The molecule has 0 aliphatic heterocycles. The second-order valence-corrected chi connectivity index (χ2v) is 6.16. The first-order valence-corrected chi connectivity index (χ1v) is 7.80. The Bertz CT molecular complexity index is 926. The highest BCUT2D eigenvalue weighted by molar-refractivity contribution is 6.49.